The number of thiophene rings is 1. The summed E-state index contributed by atoms with van der Waals surface area (Å²) in [6.45, 7) is 7.99. The van der Waals surface area contributed by atoms with Gasteiger partial charge in [-0.25, -0.2) is 0 Å². The topological polar surface area (TPSA) is 34.1 Å². The second-order valence-electron chi connectivity index (χ2n) is 5.47. The van der Waals surface area contributed by atoms with Crippen LogP contribution >= 0.6 is 11.3 Å². The Kier molecular flexibility index (Phi) is 5.12. The molecule has 0 radical (unpaired) electrons. The van der Waals surface area contributed by atoms with E-state index in [4.69, 9.17) is 0 Å². The number of ketones is 1. The van der Waals surface area contributed by atoms with E-state index in [1.807, 2.05) is 45.9 Å². The average Bonchev–Trinajstić information content (AvgIpc) is 2.66. The third-order valence-electron chi connectivity index (χ3n) is 3.24. The van der Waals surface area contributed by atoms with Crippen LogP contribution in [0.5, 0.6) is 0 Å². The van der Waals surface area contributed by atoms with Crippen molar-refractivity contribution in [2.24, 2.45) is 0 Å². The molecule has 1 atom stereocenters. The SMILES string of the molecule is Cc1cc(C)cc(CS(=O)CC(=O)c2cc(C)sc2C)c1. The van der Waals surface area contributed by atoms with Crippen LogP contribution in [-0.4, -0.2) is 15.7 Å². The summed E-state index contributed by atoms with van der Waals surface area (Å²) >= 11 is 1.61. The predicted octanol–water partition coefficient (Wildman–Crippen LogP) is 4.11. The van der Waals surface area contributed by atoms with Crippen molar-refractivity contribution in [1.82, 2.24) is 0 Å². The Morgan fingerprint density at radius 2 is 1.67 bits per heavy atom. The maximum absolute atomic E-state index is 12.2. The van der Waals surface area contributed by atoms with Gasteiger partial charge in [0.25, 0.3) is 0 Å². The minimum Gasteiger partial charge on any atom is -0.293 e. The molecule has 0 saturated heterocycles. The highest BCUT2D eigenvalue weighted by atomic mass is 32.2. The molecule has 1 heterocycles. The van der Waals surface area contributed by atoms with E-state index in [1.54, 1.807) is 11.3 Å². The summed E-state index contributed by atoms with van der Waals surface area (Å²) < 4.78 is 12.2. The molecule has 0 amide bonds. The fourth-order valence-corrected chi connectivity index (χ4v) is 4.55. The molecule has 0 fully saturated rings. The van der Waals surface area contributed by atoms with Crippen molar-refractivity contribution in [3.05, 3.63) is 56.3 Å². The Hall–Kier alpha value is -1.26. The van der Waals surface area contributed by atoms with Gasteiger partial charge in [0.1, 0.15) is 0 Å². The van der Waals surface area contributed by atoms with E-state index in [1.165, 1.54) is 0 Å². The molecule has 0 saturated carbocycles. The molecule has 2 aromatic rings. The lowest BCUT2D eigenvalue weighted by atomic mass is 10.1. The van der Waals surface area contributed by atoms with E-state index < -0.39 is 10.8 Å². The summed E-state index contributed by atoms with van der Waals surface area (Å²) in [6.07, 6.45) is 0. The van der Waals surface area contributed by atoms with Crippen LogP contribution in [0.2, 0.25) is 0 Å². The molecule has 0 aliphatic rings. The molecule has 112 valence electrons. The average molecular weight is 320 g/mol. The molecular weight excluding hydrogens is 300 g/mol. The second-order valence-corrected chi connectivity index (χ2v) is 8.39. The van der Waals surface area contributed by atoms with E-state index in [-0.39, 0.29) is 11.5 Å². The lowest BCUT2D eigenvalue weighted by molar-refractivity contribution is 0.102. The standard InChI is InChI=1S/C17H20O2S2/c1-11-5-12(2)7-15(6-11)9-21(19)10-17(18)16-8-13(3)20-14(16)4/h5-8H,9-10H2,1-4H3. The van der Waals surface area contributed by atoms with Crippen molar-refractivity contribution >= 4 is 27.9 Å². The Morgan fingerprint density at radius 1 is 1.05 bits per heavy atom. The van der Waals surface area contributed by atoms with Crippen molar-refractivity contribution < 1.29 is 9.00 Å². The van der Waals surface area contributed by atoms with Gasteiger partial charge in [0, 0.05) is 31.9 Å². The summed E-state index contributed by atoms with van der Waals surface area (Å²) in [5, 5.41) is 0. The first-order valence-corrected chi connectivity index (χ1v) is 9.18. The Labute approximate surface area is 132 Å². The van der Waals surface area contributed by atoms with Crippen LogP contribution in [0, 0.1) is 27.7 Å². The molecule has 0 aliphatic carbocycles. The molecule has 2 nitrogen and oxygen atoms in total. The maximum atomic E-state index is 12.2. The minimum absolute atomic E-state index is 0.0143. The predicted molar refractivity (Wildman–Crippen MR) is 90.8 cm³/mol. The van der Waals surface area contributed by atoms with Gasteiger partial charge in [-0.05, 0) is 39.3 Å². The molecule has 1 unspecified atom stereocenters. The van der Waals surface area contributed by atoms with Gasteiger partial charge in [-0.3, -0.25) is 9.00 Å². The van der Waals surface area contributed by atoms with Crippen molar-refractivity contribution in [1.29, 1.82) is 0 Å². The van der Waals surface area contributed by atoms with Crippen molar-refractivity contribution in [3.63, 3.8) is 0 Å². The smallest absolute Gasteiger partial charge is 0.176 e. The molecule has 1 aromatic carbocycles. The van der Waals surface area contributed by atoms with Crippen molar-refractivity contribution in [2.75, 3.05) is 5.75 Å². The highest BCUT2D eigenvalue weighted by molar-refractivity contribution is 7.85. The molecular formula is C17H20O2S2. The molecule has 0 N–H and O–H groups in total. The number of aryl methyl sites for hydroxylation is 4. The zero-order valence-corrected chi connectivity index (χ0v) is 14.5. The summed E-state index contributed by atoms with van der Waals surface area (Å²) in [6, 6.07) is 8.07. The first-order chi connectivity index (χ1) is 9.85. The molecule has 21 heavy (non-hydrogen) atoms. The first kappa shape index (κ1) is 16.1. The number of carbonyl (C=O) groups excluding carboxylic acids is 1. The van der Waals surface area contributed by atoms with Gasteiger partial charge in [-0.15, -0.1) is 11.3 Å². The fourth-order valence-electron chi connectivity index (χ4n) is 2.52. The van der Waals surface area contributed by atoms with Gasteiger partial charge >= 0.3 is 0 Å². The Bertz CT molecular complexity index is 679. The van der Waals surface area contributed by atoms with Gasteiger partial charge in [0.2, 0.25) is 0 Å². The minimum atomic E-state index is -1.16. The number of benzene rings is 1. The van der Waals surface area contributed by atoms with E-state index >= 15 is 0 Å². The molecule has 1 aromatic heterocycles. The molecule has 0 spiro atoms. The van der Waals surface area contributed by atoms with Crippen LogP contribution in [0.3, 0.4) is 0 Å². The second kappa shape index (κ2) is 6.67. The lowest BCUT2D eigenvalue weighted by Crippen LogP contribution is -2.12. The fraction of sp³-hybridized carbons (Fsp3) is 0.353. The van der Waals surface area contributed by atoms with Crippen LogP contribution in [-0.2, 0) is 16.6 Å². The van der Waals surface area contributed by atoms with Crippen molar-refractivity contribution in [2.45, 2.75) is 33.4 Å². The van der Waals surface area contributed by atoms with Gasteiger partial charge in [0.15, 0.2) is 5.78 Å². The van der Waals surface area contributed by atoms with Crippen LogP contribution < -0.4 is 0 Å². The number of Topliss-reactive ketones (excluding diaryl/α,β-unsaturated/α-hetero) is 1. The highest BCUT2D eigenvalue weighted by Gasteiger charge is 2.15. The van der Waals surface area contributed by atoms with Crippen LogP contribution in [0.4, 0.5) is 0 Å². The molecule has 4 heteroatoms. The summed E-state index contributed by atoms with van der Waals surface area (Å²) in [5.41, 5.74) is 4.10. The third kappa shape index (κ3) is 4.35. The van der Waals surface area contributed by atoms with E-state index in [9.17, 15) is 9.00 Å². The van der Waals surface area contributed by atoms with Gasteiger partial charge in [-0.2, -0.15) is 0 Å². The first-order valence-electron chi connectivity index (χ1n) is 6.87. The summed E-state index contributed by atoms with van der Waals surface area (Å²) in [4.78, 5) is 14.4. The van der Waals surface area contributed by atoms with Crippen LogP contribution in [0.1, 0.15) is 36.8 Å². The van der Waals surface area contributed by atoms with E-state index in [0.29, 0.717) is 5.75 Å². The third-order valence-corrected chi connectivity index (χ3v) is 5.45. The van der Waals surface area contributed by atoms with Gasteiger partial charge < -0.3 is 0 Å². The van der Waals surface area contributed by atoms with Gasteiger partial charge in [-0.1, -0.05) is 29.3 Å². The largest absolute Gasteiger partial charge is 0.293 e. The van der Waals surface area contributed by atoms with Crippen LogP contribution in [0.15, 0.2) is 24.3 Å². The summed E-state index contributed by atoms with van der Waals surface area (Å²) in [5.74, 6) is 0.528. The maximum Gasteiger partial charge on any atom is 0.176 e. The zero-order valence-electron chi connectivity index (χ0n) is 12.9. The van der Waals surface area contributed by atoms with Gasteiger partial charge in [0.05, 0.1) is 5.75 Å². The monoisotopic (exact) mass is 320 g/mol. The number of hydrogen-bond acceptors (Lipinski definition) is 3. The lowest BCUT2D eigenvalue weighted by Gasteiger charge is -2.05. The number of carbonyl (C=O) groups is 1. The molecule has 2 rings (SSSR count). The zero-order chi connectivity index (χ0) is 15.6. The summed E-state index contributed by atoms with van der Waals surface area (Å²) in [7, 11) is -1.16. The van der Waals surface area contributed by atoms with E-state index in [2.05, 4.69) is 6.07 Å². The van der Waals surface area contributed by atoms with E-state index in [0.717, 1.165) is 32.0 Å². The Balaban J connectivity index is 2.04. The van der Waals surface area contributed by atoms with Crippen molar-refractivity contribution in [3.8, 4) is 0 Å². The number of hydrogen-bond donors (Lipinski definition) is 0. The highest BCUT2D eigenvalue weighted by Crippen LogP contribution is 2.21. The normalized spacial score (nSPS) is 12.4. The quantitative estimate of drug-likeness (QED) is 0.777. The molecule has 0 aliphatic heterocycles. The van der Waals surface area contributed by atoms with Crippen LogP contribution in [0.25, 0.3) is 0 Å². The number of rotatable bonds is 5. The molecule has 0 bridgehead atoms. The Morgan fingerprint density at radius 3 is 2.19 bits per heavy atom.